The van der Waals surface area contributed by atoms with Crippen LogP contribution in [0.4, 0.5) is 4.39 Å². The molecule has 0 saturated heterocycles. The number of benzene rings is 1. The Labute approximate surface area is 108 Å². The predicted molar refractivity (Wildman–Crippen MR) is 68.5 cm³/mol. The van der Waals surface area contributed by atoms with Gasteiger partial charge in [0.25, 0.3) is 0 Å². The Balaban J connectivity index is 2.49. The maximum atomic E-state index is 13.6. The van der Waals surface area contributed by atoms with Gasteiger partial charge in [-0.3, -0.25) is 4.90 Å². The van der Waals surface area contributed by atoms with Gasteiger partial charge in [0.1, 0.15) is 5.82 Å². The molecule has 0 radical (unpaired) electrons. The molecule has 0 saturated carbocycles. The molecule has 0 aliphatic rings. The summed E-state index contributed by atoms with van der Waals surface area (Å²) in [5.74, 6) is -0.328. The summed E-state index contributed by atoms with van der Waals surface area (Å²) in [4.78, 5) is 1.99. The lowest BCUT2D eigenvalue weighted by Crippen LogP contribution is -2.24. The molecular formula is C14H19FN2O. The summed E-state index contributed by atoms with van der Waals surface area (Å²) in [5, 5.41) is 8.66. The number of rotatable bonds is 6. The molecular weight excluding hydrogens is 231 g/mol. The Kier molecular flexibility index (Phi) is 5.76. The number of nitriles is 1. The van der Waals surface area contributed by atoms with Crippen molar-refractivity contribution in [3.05, 3.63) is 35.1 Å². The van der Waals surface area contributed by atoms with Gasteiger partial charge < -0.3 is 4.74 Å². The summed E-state index contributed by atoms with van der Waals surface area (Å²) < 4.78 is 19.1. The number of nitrogens with zero attached hydrogens (tertiary/aromatic N) is 2. The molecule has 4 heteroatoms. The third kappa shape index (κ3) is 4.82. The lowest BCUT2D eigenvalue weighted by Gasteiger charge is -2.18. The minimum Gasteiger partial charge on any atom is -0.377 e. The fourth-order valence-electron chi connectivity index (χ4n) is 1.56. The molecule has 0 heterocycles. The summed E-state index contributed by atoms with van der Waals surface area (Å²) >= 11 is 0. The molecule has 1 rings (SSSR count). The number of hydrogen-bond acceptors (Lipinski definition) is 3. The third-order valence-corrected chi connectivity index (χ3v) is 2.55. The van der Waals surface area contributed by atoms with E-state index in [0.29, 0.717) is 24.3 Å². The van der Waals surface area contributed by atoms with Gasteiger partial charge in [-0.1, -0.05) is 6.07 Å². The van der Waals surface area contributed by atoms with Crippen LogP contribution in [0.5, 0.6) is 0 Å². The van der Waals surface area contributed by atoms with Crippen molar-refractivity contribution in [1.29, 1.82) is 5.26 Å². The Morgan fingerprint density at radius 1 is 1.44 bits per heavy atom. The van der Waals surface area contributed by atoms with E-state index in [1.807, 2.05) is 31.9 Å². The summed E-state index contributed by atoms with van der Waals surface area (Å²) in [7, 11) is 1.92. The number of hydrogen-bond donors (Lipinski definition) is 0. The van der Waals surface area contributed by atoms with Crippen LogP contribution in [-0.2, 0) is 11.3 Å². The lowest BCUT2D eigenvalue weighted by molar-refractivity contribution is 0.0625. The van der Waals surface area contributed by atoms with Crippen LogP contribution in [0.3, 0.4) is 0 Å². The Hall–Kier alpha value is -1.44. The second-order valence-electron chi connectivity index (χ2n) is 4.58. The van der Waals surface area contributed by atoms with Crippen molar-refractivity contribution in [3.8, 4) is 6.07 Å². The molecule has 0 N–H and O–H groups in total. The minimum absolute atomic E-state index is 0.213. The van der Waals surface area contributed by atoms with E-state index in [9.17, 15) is 4.39 Å². The van der Waals surface area contributed by atoms with Gasteiger partial charge in [0, 0.05) is 18.7 Å². The number of halogens is 1. The molecule has 3 nitrogen and oxygen atoms in total. The van der Waals surface area contributed by atoms with Crippen LogP contribution < -0.4 is 0 Å². The van der Waals surface area contributed by atoms with Gasteiger partial charge in [-0.25, -0.2) is 4.39 Å². The standard InChI is InChI=1S/C14H19FN2O/c1-11(2)18-7-6-17(3)10-13-5-4-12(9-16)8-14(13)15/h4-5,8,11H,6-7,10H2,1-3H3. The summed E-state index contributed by atoms with van der Waals surface area (Å²) in [5.41, 5.74) is 0.947. The zero-order valence-corrected chi connectivity index (χ0v) is 11.1. The average Bonchev–Trinajstić information content (AvgIpc) is 2.31. The highest BCUT2D eigenvalue weighted by molar-refractivity contribution is 5.32. The van der Waals surface area contributed by atoms with Gasteiger partial charge in [-0.05, 0) is 33.0 Å². The fourth-order valence-corrected chi connectivity index (χ4v) is 1.56. The molecule has 18 heavy (non-hydrogen) atoms. The van der Waals surface area contributed by atoms with E-state index < -0.39 is 0 Å². The second-order valence-corrected chi connectivity index (χ2v) is 4.58. The molecule has 98 valence electrons. The highest BCUT2D eigenvalue weighted by Crippen LogP contribution is 2.11. The molecule has 0 spiro atoms. The van der Waals surface area contributed by atoms with E-state index in [2.05, 4.69) is 0 Å². The van der Waals surface area contributed by atoms with Gasteiger partial charge in [0.15, 0.2) is 0 Å². The normalized spacial score (nSPS) is 10.9. The van der Waals surface area contributed by atoms with Crippen LogP contribution in [0.25, 0.3) is 0 Å². The molecule has 0 unspecified atom stereocenters. The smallest absolute Gasteiger partial charge is 0.129 e. The van der Waals surface area contributed by atoms with E-state index in [-0.39, 0.29) is 11.9 Å². The van der Waals surface area contributed by atoms with Crippen LogP contribution in [0.15, 0.2) is 18.2 Å². The first kappa shape index (κ1) is 14.6. The van der Waals surface area contributed by atoms with Crippen LogP contribution in [0, 0.1) is 17.1 Å². The van der Waals surface area contributed by atoms with Crippen molar-refractivity contribution in [2.45, 2.75) is 26.5 Å². The van der Waals surface area contributed by atoms with Crippen molar-refractivity contribution < 1.29 is 9.13 Å². The van der Waals surface area contributed by atoms with Gasteiger partial charge in [-0.2, -0.15) is 5.26 Å². The Morgan fingerprint density at radius 3 is 2.72 bits per heavy atom. The topological polar surface area (TPSA) is 36.3 Å². The zero-order valence-electron chi connectivity index (χ0n) is 11.1. The molecule has 0 aromatic heterocycles. The van der Waals surface area contributed by atoms with E-state index in [0.717, 1.165) is 6.54 Å². The first-order valence-electron chi connectivity index (χ1n) is 6.01. The molecule has 0 aliphatic heterocycles. The van der Waals surface area contributed by atoms with E-state index >= 15 is 0 Å². The predicted octanol–water partition coefficient (Wildman–Crippen LogP) is 2.55. The molecule has 0 atom stereocenters. The molecule has 1 aromatic carbocycles. The quantitative estimate of drug-likeness (QED) is 0.778. The second kappa shape index (κ2) is 7.10. The monoisotopic (exact) mass is 250 g/mol. The molecule has 1 aromatic rings. The maximum absolute atomic E-state index is 13.6. The highest BCUT2D eigenvalue weighted by Gasteiger charge is 2.07. The first-order chi connectivity index (χ1) is 8.52. The fraction of sp³-hybridized carbons (Fsp3) is 0.500. The van der Waals surface area contributed by atoms with E-state index in [4.69, 9.17) is 10.00 Å². The minimum atomic E-state index is -0.328. The molecule has 0 fully saturated rings. The largest absolute Gasteiger partial charge is 0.377 e. The van der Waals surface area contributed by atoms with E-state index in [1.54, 1.807) is 12.1 Å². The molecule has 0 bridgehead atoms. The van der Waals surface area contributed by atoms with Gasteiger partial charge in [-0.15, -0.1) is 0 Å². The van der Waals surface area contributed by atoms with Crippen LogP contribution in [-0.4, -0.2) is 31.2 Å². The van der Waals surface area contributed by atoms with Crippen LogP contribution in [0.1, 0.15) is 25.0 Å². The number of ether oxygens (including phenoxy) is 1. The van der Waals surface area contributed by atoms with Crippen molar-refractivity contribution in [2.24, 2.45) is 0 Å². The summed E-state index contributed by atoms with van der Waals surface area (Å²) in [6.07, 6.45) is 0.213. The van der Waals surface area contributed by atoms with Crippen molar-refractivity contribution in [1.82, 2.24) is 4.90 Å². The Morgan fingerprint density at radius 2 is 2.17 bits per heavy atom. The maximum Gasteiger partial charge on any atom is 0.129 e. The van der Waals surface area contributed by atoms with Crippen LogP contribution >= 0.6 is 0 Å². The Bertz CT molecular complexity index is 426. The SMILES string of the molecule is CC(C)OCCN(C)Cc1ccc(C#N)cc1F. The van der Waals surface area contributed by atoms with Gasteiger partial charge >= 0.3 is 0 Å². The number of likely N-dealkylation sites (N-methyl/N-ethyl adjacent to an activating group) is 1. The third-order valence-electron chi connectivity index (χ3n) is 2.55. The van der Waals surface area contributed by atoms with Crippen molar-refractivity contribution >= 4 is 0 Å². The lowest BCUT2D eigenvalue weighted by atomic mass is 10.1. The molecule has 0 amide bonds. The molecule has 0 aliphatic carbocycles. The van der Waals surface area contributed by atoms with Crippen LogP contribution in [0.2, 0.25) is 0 Å². The summed E-state index contributed by atoms with van der Waals surface area (Å²) in [6, 6.07) is 6.49. The van der Waals surface area contributed by atoms with Gasteiger partial charge in [0.05, 0.1) is 24.3 Å². The first-order valence-corrected chi connectivity index (χ1v) is 6.01. The van der Waals surface area contributed by atoms with Crippen molar-refractivity contribution in [2.75, 3.05) is 20.2 Å². The zero-order chi connectivity index (χ0) is 13.5. The van der Waals surface area contributed by atoms with Crippen molar-refractivity contribution in [3.63, 3.8) is 0 Å². The highest BCUT2D eigenvalue weighted by atomic mass is 19.1. The summed E-state index contributed by atoms with van der Waals surface area (Å²) in [6.45, 7) is 5.86. The average molecular weight is 250 g/mol. The van der Waals surface area contributed by atoms with E-state index in [1.165, 1.54) is 6.07 Å². The van der Waals surface area contributed by atoms with Gasteiger partial charge in [0.2, 0.25) is 0 Å².